The minimum Gasteiger partial charge on any atom is -0.322 e. The van der Waals surface area contributed by atoms with Crippen LogP contribution in [0.3, 0.4) is 0 Å². The largest absolute Gasteiger partial charge is 0.322 e. The van der Waals surface area contributed by atoms with Gasteiger partial charge < -0.3 is 4.98 Å². The van der Waals surface area contributed by atoms with Crippen molar-refractivity contribution in [3.8, 4) is 0 Å². The Hall–Kier alpha value is -1.28. The van der Waals surface area contributed by atoms with Crippen LogP contribution >= 0.6 is 11.6 Å². The van der Waals surface area contributed by atoms with Crippen molar-refractivity contribution in [2.24, 2.45) is 0 Å². The van der Waals surface area contributed by atoms with Gasteiger partial charge in [-0.15, -0.1) is 0 Å². The molecule has 2 nitrogen and oxygen atoms in total. The maximum absolute atomic E-state index is 11.0. The highest BCUT2D eigenvalue weighted by Gasteiger charge is 1.98. The number of halogens is 1. The number of H-pyrrole nitrogens is 1. The normalized spacial score (nSPS) is 10.6. The van der Waals surface area contributed by atoms with Crippen LogP contribution in [-0.2, 0) is 0 Å². The predicted molar refractivity (Wildman–Crippen MR) is 54.3 cm³/mol. The minimum atomic E-state index is -0.0887. The Morgan fingerprint density at radius 3 is 2.85 bits per heavy atom. The van der Waals surface area contributed by atoms with Gasteiger partial charge >= 0.3 is 0 Å². The van der Waals surface area contributed by atoms with Crippen molar-refractivity contribution in [3.05, 3.63) is 45.2 Å². The zero-order chi connectivity index (χ0) is 9.42. The van der Waals surface area contributed by atoms with Crippen molar-refractivity contribution >= 4 is 22.5 Å². The van der Waals surface area contributed by atoms with Crippen LogP contribution in [0, 0.1) is 6.92 Å². The molecule has 0 fully saturated rings. The monoisotopic (exact) mass is 193 g/mol. The summed E-state index contributed by atoms with van der Waals surface area (Å²) in [5.41, 5.74) is 1.71. The summed E-state index contributed by atoms with van der Waals surface area (Å²) >= 11 is 5.94. The number of fused-ring (bicyclic) bond motifs is 1. The summed E-state index contributed by atoms with van der Waals surface area (Å²) in [5.74, 6) is 0. The Balaban J connectivity index is 2.89. The van der Waals surface area contributed by atoms with Crippen LogP contribution in [0.2, 0.25) is 5.02 Å². The zero-order valence-electron chi connectivity index (χ0n) is 7.10. The van der Waals surface area contributed by atoms with Crippen LogP contribution in [-0.4, -0.2) is 4.98 Å². The Bertz CT molecular complexity index is 516. The van der Waals surface area contributed by atoms with Crippen molar-refractivity contribution in [1.82, 2.24) is 4.98 Å². The lowest BCUT2D eigenvalue weighted by molar-refractivity contribution is 1.30. The van der Waals surface area contributed by atoms with Crippen LogP contribution in [0.4, 0.5) is 0 Å². The molecule has 0 saturated carbocycles. The van der Waals surface area contributed by atoms with E-state index in [4.69, 9.17) is 11.6 Å². The topological polar surface area (TPSA) is 32.9 Å². The van der Waals surface area contributed by atoms with Crippen LogP contribution in [0.5, 0.6) is 0 Å². The second-order valence-corrected chi connectivity index (χ2v) is 3.42. The van der Waals surface area contributed by atoms with Gasteiger partial charge in [-0.1, -0.05) is 11.6 Å². The van der Waals surface area contributed by atoms with E-state index in [9.17, 15) is 4.79 Å². The fourth-order valence-corrected chi connectivity index (χ4v) is 1.46. The van der Waals surface area contributed by atoms with Crippen molar-refractivity contribution < 1.29 is 0 Å². The second kappa shape index (κ2) is 2.89. The van der Waals surface area contributed by atoms with E-state index in [0.717, 1.165) is 21.5 Å². The summed E-state index contributed by atoms with van der Waals surface area (Å²) in [6.07, 6.45) is 0. The fraction of sp³-hybridized carbons (Fsp3) is 0.100. The van der Waals surface area contributed by atoms with Crippen LogP contribution < -0.4 is 5.56 Å². The molecule has 2 aromatic rings. The van der Waals surface area contributed by atoms with Gasteiger partial charge in [-0.2, -0.15) is 0 Å². The average molecular weight is 194 g/mol. The molecule has 13 heavy (non-hydrogen) atoms. The quantitative estimate of drug-likeness (QED) is 0.685. The number of pyridine rings is 1. The van der Waals surface area contributed by atoms with E-state index in [0.29, 0.717) is 0 Å². The fourth-order valence-electron chi connectivity index (χ4n) is 1.28. The number of benzene rings is 1. The summed E-state index contributed by atoms with van der Waals surface area (Å²) in [7, 11) is 0. The number of hydrogen-bond donors (Lipinski definition) is 1. The van der Waals surface area contributed by atoms with E-state index in [1.807, 2.05) is 19.1 Å². The maximum Gasteiger partial charge on any atom is 0.248 e. The summed E-state index contributed by atoms with van der Waals surface area (Å²) in [6, 6.07) is 6.98. The van der Waals surface area contributed by atoms with E-state index in [2.05, 4.69) is 4.98 Å². The molecule has 0 aliphatic carbocycles. The van der Waals surface area contributed by atoms with Gasteiger partial charge in [0.05, 0.1) is 0 Å². The highest BCUT2D eigenvalue weighted by Crippen LogP contribution is 2.20. The molecule has 0 radical (unpaired) electrons. The smallest absolute Gasteiger partial charge is 0.248 e. The van der Waals surface area contributed by atoms with Crippen molar-refractivity contribution in [3.63, 3.8) is 0 Å². The van der Waals surface area contributed by atoms with E-state index in [-0.39, 0.29) is 5.56 Å². The zero-order valence-corrected chi connectivity index (χ0v) is 7.85. The Labute approximate surface area is 80.2 Å². The van der Waals surface area contributed by atoms with Crippen molar-refractivity contribution in [2.45, 2.75) is 6.92 Å². The van der Waals surface area contributed by atoms with Gasteiger partial charge in [-0.25, -0.2) is 0 Å². The van der Waals surface area contributed by atoms with E-state index >= 15 is 0 Å². The number of aromatic amines is 1. The van der Waals surface area contributed by atoms with Gasteiger partial charge in [0.15, 0.2) is 0 Å². The molecule has 0 atom stereocenters. The van der Waals surface area contributed by atoms with Gasteiger partial charge in [-0.3, -0.25) is 4.79 Å². The van der Waals surface area contributed by atoms with Crippen molar-refractivity contribution in [1.29, 1.82) is 0 Å². The molecule has 1 aromatic heterocycles. The predicted octanol–water partition coefficient (Wildman–Crippen LogP) is 2.49. The van der Waals surface area contributed by atoms with E-state index < -0.39 is 0 Å². The number of nitrogens with one attached hydrogen (secondary N) is 1. The Morgan fingerprint density at radius 1 is 1.31 bits per heavy atom. The first-order valence-corrected chi connectivity index (χ1v) is 4.34. The van der Waals surface area contributed by atoms with Gasteiger partial charge in [0.25, 0.3) is 0 Å². The van der Waals surface area contributed by atoms with Gasteiger partial charge in [-0.05, 0) is 36.1 Å². The third kappa shape index (κ3) is 1.45. The lowest BCUT2D eigenvalue weighted by Gasteiger charge is -2.00. The molecular weight excluding hydrogens is 186 g/mol. The van der Waals surface area contributed by atoms with E-state index in [1.54, 1.807) is 6.07 Å². The molecule has 0 aliphatic heterocycles. The minimum absolute atomic E-state index is 0.0887. The summed E-state index contributed by atoms with van der Waals surface area (Å²) in [5, 5.41) is 1.68. The maximum atomic E-state index is 11.0. The first-order valence-electron chi connectivity index (χ1n) is 3.96. The lowest BCUT2D eigenvalue weighted by Crippen LogP contribution is -2.02. The molecular formula is C10H8ClNO. The molecule has 1 heterocycles. The van der Waals surface area contributed by atoms with Crippen molar-refractivity contribution in [2.75, 3.05) is 0 Å². The SMILES string of the molecule is Cc1cc2[nH]c(=O)ccc2cc1Cl. The average Bonchev–Trinajstić information content (AvgIpc) is 2.08. The Morgan fingerprint density at radius 2 is 2.08 bits per heavy atom. The molecule has 0 unspecified atom stereocenters. The molecule has 2 rings (SSSR count). The van der Waals surface area contributed by atoms with Crippen LogP contribution in [0.25, 0.3) is 10.9 Å². The number of aryl methyl sites for hydroxylation is 1. The molecule has 0 aliphatic rings. The molecule has 3 heteroatoms. The highest BCUT2D eigenvalue weighted by molar-refractivity contribution is 6.32. The number of hydrogen-bond acceptors (Lipinski definition) is 1. The summed E-state index contributed by atoms with van der Waals surface area (Å²) in [4.78, 5) is 13.7. The molecule has 1 N–H and O–H groups in total. The Kier molecular flexibility index (Phi) is 1.85. The molecule has 1 aromatic carbocycles. The van der Waals surface area contributed by atoms with Gasteiger partial charge in [0.1, 0.15) is 0 Å². The van der Waals surface area contributed by atoms with Gasteiger partial charge in [0, 0.05) is 16.6 Å². The summed E-state index contributed by atoms with van der Waals surface area (Å²) in [6.45, 7) is 1.91. The second-order valence-electron chi connectivity index (χ2n) is 3.01. The highest BCUT2D eigenvalue weighted by atomic mass is 35.5. The van der Waals surface area contributed by atoms with Crippen LogP contribution in [0.15, 0.2) is 29.1 Å². The third-order valence-corrected chi connectivity index (χ3v) is 2.41. The third-order valence-electron chi connectivity index (χ3n) is 2.00. The molecule has 0 bridgehead atoms. The standard InChI is InChI=1S/C10H8ClNO/c1-6-4-9-7(5-8(6)11)2-3-10(13)12-9/h2-5H,1H3,(H,12,13). The molecule has 0 amide bonds. The van der Waals surface area contributed by atoms with E-state index in [1.165, 1.54) is 6.07 Å². The molecule has 66 valence electrons. The van der Waals surface area contributed by atoms with Crippen LogP contribution in [0.1, 0.15) is 5.56 Å². The first kappa shape index (κ1) is 8.32. The lowest BCUT2D eigenvalue weighted by atomic mass is 10.1. The first-order chi connectivity index (χ1) is 6.16. The summed E-state index contributed by atoms with van der Waals surface area (Å²) < 4.78 is 0. The number of rotatable bonds is 0. The number of aromatic nitrogens is 1. The molecule has 0 spiro atoms. The molecule has 0 saturated heterocycles. The van der Waals surface area contributed by atoms with Gasteiger partial charge in [0.2, 0.25) is 5.56 Å².